The minimum atomic E-state index is 0.344. The van der Waals surface area contributed by atoms with Crippen LogP contribution in [0.5, 0.6) is 0 Å². The summed E-state index contributed by atoms with van der Waals surface area (Å²) in [5, 5.41) is 16.3. The van der Waals surface area contributed by atoms with Gasteiger partial charge in [-0.25, -0.2) is 15.1 Å². The van der Waals surface area contributed by atoms with Crippen molar-refractivity contribution in [3.8, 4) is 17.2 Å². The van der Waals surface area contributed by atoms with Crippen LogP contribution in [0.3, 0.4) is 0 Å². The highest BCUT2D eigenvalue weighted by molar-refractivity contribution is 6.02. The second kappa shape index (κ2) is 7.33. The SMILES string of the molecule is CCN1C=C2N=CC(C=O)=C[N+]2(N(C)c2ccc(-n3cccc3-c3nnn[nH]3)cc2)C1. The highest BCUT2D eigenvalue weighted by Crippen LogP contribution is 2.36. The Kier molecular flexibility index (Phi) is 4.48. The molecule has 1 unspecified atom stereocenters. The minimum Gasteiger partial charge on any atom is -0.322 e. The molecule has 0 bridgehead atoms. The van der Waals surface area contributed by atoms with Crippen LogP contribution in [0, 0.1) is 0 Å². The van der Waals surface area contributed by atoms with Crippen LogP contribution in [0.25, 0.3) is 17.2 Å². The summed E-state index contributed by atoms with van der Waals surface area (Å²) in [5.74, 6) is 1.48. The van der Waals surface area contributed by atoms with E-state index < -0.39 is 0 Å². The van der Waals surface area contributed by atoms with Gasteiger partial charge in [0.05, 0.1) is 30.2 Å². The summed E-state index contributed by atoms with van der Waals surface area (Å²) in [4.78, 5) is 18.2. The third kappa shape index (κ3) is 3.04. The lowest BCUT2D eigenvalue weighted by Crippen LogP contribution is -2.55. The maximum Gasteiger partial charge on any atom is 0.275 e. The molecule has 2 aliphatic rings. The average Bonchev–Trinajstić information content (AvgIpc) is 3.57. The Balaban J connectivity index is 1.48. The van der Waals surface area contributed by atoms with Crippen molar-refractivity contribution in [2.75, 3.05) is 25.3 Å². The number of anilines is 1. The molecule has 0 spiro atoms. The number of hydrogen-bond donors (Lipinski definition) is 1. The van der Waals surface area contributed by atoms with Crippen LogP contribution in [-0.2, 0) is 4.79 Å². The van der Waals surface area contributed by atoms with Crippen molar-refractivity contribution >= 4 is 18.2 Å². The second-order valence-electron chi connectivity index (χ2n) is 7.42. The second-order valence-corrected chi connectivity index (χ2v) is 7.42. The number of carbonyl (C=O) groups excluding carboxylic acids is 1. The van der Waals surface area contributed by atoms with Crippen LogP contribution in [0.2, 0.25) is 0 Å². The third-order valence-corrected chi connectivity index (χ3v) is 5.72. The van der Waals surface area contributed by atoms with Gasteiger partial charge in [-0.3, -0.25) is 4.79 Å². The van der Waals surface area contributed by atoms with Crippen LogP contribution in [-0.4, -0.2) is 67.4 Å². The van der Waals surface area contributed by atoms with Crippen LogP contribution < -0.4 is 5.01 Å². The van der Waals surface area contributed by atoms with E-state index in [1.165, 1.54) is 0 Å². The summed E-state index contributed by atoms with van der Waals surface area (Å²) in [7, 11) is 2.02. The molecular formula is C21H22N9O+. The molecule has 0 fully saturated rings. The number of benzene rings is 1. The molecule has 1 atom stereocenters. The normalized spacial score (nSPS) is 19.7. The van der Waals surface area contributed by atoms with E-state index in [1.54, 1.807) is 6.21 Å². The number of H-pyrrole nitrogens is 1. The number of aliphatic imine (C=N–C) groups is 1. The molecule has 1 aromatic carbocycles. The molecule has 10 heteroatoms. The van der Waals surface area contributed by atoms with Crippen molar-refractivity contribution in [2.24, 2.45) is 4.99 Å². The highest BCUT2D eigenvalue weighted by Gasteiger charge is 2.45. The Labute approximate surface area is 179 Å². The fourth-order valence-electron chi connectivity index (χ4n) is 4.00. The number of carbonyl (C=O) groups is 1. The molecule has 3 aromatic rings. The fourth-order valence-corrected chi connectivity index (χ4v) is 4.00. The van der Waals surface area contributed by atoms with Gasteiger partial charge >= 0.3 is 0 Å². The van der Waals surface area contributed by atoms with Gasteiger partial charge in [-0.05, 0) is 53.7 Å². The number of nitrogens with one attached hydrogen (secondary N) is 1. The zero-order valence-corrected chi connectivity index (χ0v) is 17.3. The van der Waals surface area contributed by atoms with Gasteiger partial charge in [0.1, 0.15) is 6.20 Å². The van der Waals surface area contributed by atoms with E-state index in [1.807, 2.05) is 48.3 Å². The van der Waals surface area contributed by atoms with Gasteiger partial charge in [-0.15, -0.1) is 9.69 Å². The molecule has 10 nitrogen and oxygen atoms in total. The van der Waals surface area contributed by atoms with Crippen molar-refractivity contribution in [3.05, 3.63) is 66.4 Å². The Morgan fingerprint density at radius 1 is 1.26 bits per heavy atom. The third-order valence-electron chi connectivity index (χ3n) is 5.72. The van der Waals surface area contributed by atoms with Gasteiger partial charge in [-0.1, -0.05) is 0 Å². The number of fused-ring (bicyclic) bond motifs is 1. The molecule has 0 radical (unpaired) electrons. The topological polar surface area (TPSA) is 95.3 Å². The lowest BCUT2D eigenvalue weighted by atomic mass is 10.2. The molecule has 31 heavy (non-hydrogen) atoms. The Morgan fingerprint density at radius 2 is 2.10 bits per heavy atom. The quantitative estimate of drug-likeness (QED) is 0.488. The molecule has 2 aliphatic heterocycles. The van der Waals surface area contributed by atoms with Crippen LogP contribution in [0.15, 0.2) is 71.4 Å². The van der Waals surface area contributed by atoms with Gasteiger partial charge in [0, 0.05) is 24.6 Å². The summed E-state index contributed by atoms with van der Waals surface area (Å²) in [5.41, 5.74) is 3.43. The average molecular weight is 416 g/mol. The Bertz CT molecular complexity index is 1190. The summed E-state index contributed by atoms with van der Waals surface area (Å²) in [6.07, 6.45) is 8.44. The fraction of sp³-hybridized carbons (Fsp3) is 0.190. The zero-order chi connectivity index (χ0) is 21.4. The maximum absolute atomic E-state index is 11.5. The predicted molar refractivity (Wildman–Crippen MR) is 116 cm³/mol. The van der Waals surface area contributed by atoms with Crippen LogP contribution >= 0.6 is 0 Å². The minimum absolute atomic E-state index is 0.344. The Morgan fingerprint density at radius 3 is 2.81 bits per heavy atom. The van der Waals surface area contributed by atoms with Gasteiger partial charge in [-0.2, -0.15) is 0 Å². The molecular weight excluding hydrogens is 394 g/mol. The predicted octanol–water partition coefficient (Wildman–Crippen LogP) is 2.08. The molecule has 2 aromatic heterocycles. The number of aromatic amines is 1. The Hall–Kier alpha value is -4.05. The number of nitrogens with zero attached hydrogens (tertiary/aromatic N) is 8. The first-order valence-electron chi connectivity index (χ1n) is 9.97. The molecule has 0 amide bonds. The largest absolute Gasteiger partial charge is 0.322 e. The highest BCUT2D eigenvalue weighted by atomic mass is 16.1. The standard InChI is InChI=1S/C21H22N9O/c1-3-28-12-20-22-11-16(14-31)13-30(20,15-28)27(2)17-6-8-18(9-7-17)29-10-4-5-19(29)21-23-25-26-24-21/h4-14H,3,15H2,1-2H3,(H,23,24,25,26)/q+1. The van der Waals surface area contributed by atoms with Crippen molar-refractivity contribution in [2.45, 2.75) is 6.92 Å². The van der Waals surface area contributed by atoms with E-state index in [0.717, 1.165) is 35.7 Å². The smallest absolute Gasteiger partial charge is 0.275 e. The van der Waals surface area contributed by atoms with Gasteiger partial charge < -0.3 is 9.47 Å². The molecule has 0 aliphatic carbocycles. The molecule has 5 rings (SSSR count). The number of rotatable bonds is 6. The first-order chi connectivity index (χ1) is 15.1. The number of allylic oxidation sites excluding steroid dienone is 1. The van der Waals surface area contributed by atoms with E-state index in [-0.39, 0.29) is 0 Å². The molecule has 1 N–H and O–H groups in total. The maximum atomic E-state index is 11.5. The lowest BCUT2D eigenvalue weighted by Gasteiger charge is -2.40. The van der Waals surface area contributed by atoms with E-state index in [0.29, 0.717) is 22.7 Å². The van der Waals surface area contributed by atoms with E-state index >= 15 is 0 Å². The molecule has 0 saturated heterocycles. The van der Waals surface area contributed by atoms with E-state index in [4.69, 9.17) is 0 Å². The number of tetrazole rings is 1. The van der Waals surface area contributed by atoms with Crippen molar-refractivity contribution in [1.29, 1.82) is 0 Å². The van der Waals surface area contributed by atoms with Crippen molar-refractivity contribution in [1.82, 2.24) is 30.1 Å². The molecule has 0 saturated carbocycles. The number of aromatic nitrogens is 5. The number of quaternary nitrogens is 1. The van der Waals surface area contributed by atoms with Gasteiger partial charge in [0.2, 0.25) is 0 Å². The van der Waals surface area contributed by atoms with E-state index in [9.17, 15) is 4.79 Å². The van der Waals surface area contributed by atoms with Gasteiger partial charge in [0.15, 0.2) is 18.8 Å². The number of hydrogen-bond acceptors (Lipinski definition) is 7. The summed E-state index contributed by atoms with van der Waals surface area (Å²) in [6, 6.07) is 12.1. The van der Waals surface area contributed by atoms with Crippen molar-refractivity contribution in [3.63, 3.8) is 0 Å². The van der Waals surface area contributed by atoms with E-state index in [2.05, 4.69) is 60.8 Å². The van der Waals surface area contributed by atoms with Crippen LogP contribution in [0.4, 0.5) is 5.69 Å². The van der Waals surface area contributed by atoms with Crippen molar-refractivity contribution < 1.29 is 9.39 Å². The van der Waals surface area contributed by atoms with Crippen LogP contribution in [0.1, 0.15) is 6.92 Å². The summed E-state index contributed by atoms with van der Waals surface area (Å²) in [6.45, 7) is 3.65. The first kappa shape index (κ1) is 18.9. The monoisotopic (exact) mass is 416 g/mol. The zero-order valence-electron chi connectivity index (χ0n) is 17.3. The summed E-state index contributed by atoms with van der Waals surface area (Å²) >= 11 is 0. The lowest BCUT2D eigenvalue weighted by molar-refractivity contribution is -0.851. The number of aldehydes is 1. The molecule has 156 valence electrons. The first-order valence-corrected chi connectivity index (χ1v) is 9.97. The summed E-state index contributed by atoms with van der Waals surface area (Å²) < 4.78 is 2.37. The molecule has 4 heterocycles. The van der Waals surface area contributed by atoms with Gasteiger partial charge in [0.25, 0.3) is 5.82 Å².